The Hall–Kier alpha value is -1.29. The lowest BCUT2D eigenvalue weighted by molar-refractivity contribution is 1.08. The van der Waals surface area contributed by atoms with Gasteiger partial charge in [-0.05, 0) is 36.0 Å². The number of nitrogens with zero attached hydrogens (tertiary/aromatic N) is 1. The normalized spacial score (nSPS) is 15.6. The Morgan fingerprint density at radius 3 is 2.57 bits per heavy atom. The molecule has 1 heteroatoms. The minimum atomic E-state index is 0.765. The summed E-state index contributed by atoms with van der Waals surface area (Å²) in [6.45, 7) is 4.12. The first-order chi connectivity index (χ1) is 6.72. The fraction of sp³-hybridized carbons (Fsp3) is 0.385. The van der Waals surface area contributed by atoms with Gasteiger partial charge in [0.1, 0.15) is 0 Å². The molecule has 0 N–H and O–H groups in total. The van der Waals surface area contributed by atoms with E-state index >= 15 is 0 Å². The quantitative estimate of drug-likeness (QED) is 0.691. The zero-order valence-corrected chi connectivity index (χ0v) is 8.67. The molecule has 71 valence electrons. The van der Waals surface area contributed by atoms with E-state index in [2.05, 4.69) is 32.0 Å². The summed E-state index contributed by atoms with van der Waals surface area (Å²) in [6.07, 6.45) is 2.63. The molecule has 0 spiro atoms. The van der Waals surface area contributed by atoms with Gasteiger partial charge in [-0.25, -0.2) is 0 Å². The highest BCUT2D eigenvalue weighted by Crippen LogP contribution is 2.41. The van der Waals surface area contributed by atoms with Gasteiger partial charge in [0.25, 0.3) is 0 Å². The molecule has 2 rings (SSSR count). The second-order valence-corrected chi connectivity index (χ2v) is 4.19. The maximum atomic E-state index is 8.95. The number of rotatable bonds is 2. The predicted octanol–water partition coefficient (Wildman–Crippen LogP) is 3.40. The molecular weight excluding hydrogens is 170 g/mol. The summed E-state index contributed by atoms with van der Waals surface area (Å²) in [7, 11) is 0. The van der Waals surface area contributed by atoms with E-state index in [1.807, 2.05) is 6.07 Å². The van der Waals surface area contributed by atoms with Gasteiger partial charge in [-0.2, -0.15) is 5.26 Å². The van der Waals surface area contributed by atoms with E-state index in [0.717, 1.165) is 17.0 Å². The number of benzene rings is 1. The van der Waals surface area contributed by atoms with Crippen LogP contribution in [0, 0.1) is 17.2 Å². The summed E-state index contributed by atoms with van der Waals surface area (Å²) in [4.78, 5) is 0. The molecule has 0 bridgehead atoms. The molecule has 1 aromatic carbocycles. The molecule has 1 nitrogen and oxygen atoms in total. The van der Waals surface area contributed by atoms with Gasteiger partial charge in [0.15, 0.2) is 0 Å². The molecule has 0 unspecified atom stereocenters. The van der Waals surface area contributed by atoms with Crippen molar-refractivity contribution in [3.63, 3.8) is 0 Å². The van der Waals surface area contributed by atoms with Crippen molar-refractivity contribution in [3.8, 4) is 6.07 Å². The van der Waals surface area contributed by atoms with Gasteiger partial charge in [0.05, 0.1) is 11.6 Å². The van der Waals surface area contributed by atoms with Crippen LogP contribution in [0.25, 0.3) is 0 Å². The van der Waals surface area contributed by atoms with Crippen molar-refractivity contribution < 1.29 is 0 Å². The third-order valence-electron chi connectivity index (χ3n) is 2.75. The lowest BCUT2D eigenvalue weighted by Crippen LogP contribution is -1.95. The first kappa shape index (κ1) is 9.27. The molecule has 14 heavy (non-hydrogen) atoms. The van der Waals surface area contributed by atoms with Crippen LogP contribution in [0.15, 0.2) is 18.2 Å². The lowest BCUT2D eigenvalue weighted by atomic mass is 9.94. The molecule has 1 radical (unpaired) electrons. The molecule has 0 aliphatic heterocycles. The van der Waals surface area contributed by atoms with Crippen LogP contribution < -0.4 is 0 Å². The second-order valence-electron chi connectivity index (χ2n) is 4.19. The standard InChI is InChI=1S/C13H14N/c1-9(2)13-7-11(10-3-4-10)5-6-12(13)8-14/h5-7,10H,3-4H2,1-2H3. The average Bonchev–Trinajstić information content (AvgIpc) is 3.00. The number of hydrogen-bond donors (Lipinski definition) is 0. The monoisotopic (exact) mass is 184 g/mol. The number of nitriles is 1. The zero-order chi connectivity index (χ0) is 10.1. The largest absolute Gasteiger partial charge is 0.192 e. The fourth-order valence-corrected chi connectivity index (χ4v) is 1.74. The van der Waals surface area contributed by atoms with Crippen LogP contribution in [0.5, 0.6) is 0 Å². The van der Waals surface area contributed by atoms with Crippen molar-refractivity contribution in [2.24, 2.45) is 0 Å². The van der Waals surface area contributed by atoms with Crippen LogP contribution in [0.2, 0.25) is 0 Å². The van der Waals surface area contributed by atoms with Gasteiger partial charge in [0, 0.05) is 5.92 Å². The molecule has 1 aliphatic rings. The van der Waals surface area contributed by atoms with E-state index in [1.54, 1.807) is 0 Å². The Morgan fingerprint density at radius 2 is 2.07 bits per heavy atom. The maximum Gasteiger partial charge on any atom is 0.0994 e. The summed E-state index contributed by atoms with van der Waals surface area (Å²) < 4.78 is 0. The molecule has 0 heterocycles. The maximum absolute atomic E-state index is 8.95. The molecule has 0 atom stereocenters. The topological polar surface area (TPSA) is 23.8 Å². The highest BCUT2D eigenvalue weighted by molar-refractivity contribution is 5.47. The first-order valence-corrected chi connectivity index (χ1v) is 5.07. The Labute approximate surface area is 85.4 Å². The minimum absolute atomic E-state index is 0.765. The summed E-state index contributed by atoms with van der Waals surface area (Å²) in [6, 6.07) is 8.48. The highest BCUT2D eigenvalue weighted by atomic mass is 14.3. The van der Waals surface area contributed by atoms with Crippen LogP contribution >= 0.6 is 0 Å². The van der Waals surface area contributed by atoms with E-state index in [0.29, 0.717) is 0 Å². The molecular formula is C13H14N. The van der Waals surface area contributed by atoms with Gasteiger partial charge in [-0.3, -0.25) is 0 Å². The van der Waals surface area contributed by atoms with Crippen molar-refractivity contribution in [3.05, 3.63) is 40.8 Å². The predicted molar refractivity (Wildman–Crippen MR) is 56.8 cm³/mol. The lowest BCUT2D eigenvalue weighted by Gasteiger charge is -2.09. The van der Waals surface area contributed by atoms with Gasteiger partial charge in [-0.15, -0.1) is 0 Å². The number of hydrogen-bond acceptors (Lipinski definition) is 1. The van der Waals surface area contributed by atoms with Gasteiger partial charge < -0.3 is 0 Å². The van der Waals surface area contributed by atoms with E-state index < -0.39 is 0 Å². The molecule has 0 amide bonds. The SMILES string of the molecule is C[C](C)c1cc(C2CC2)ccc1C#N. The van der Waals surface area contributed by atoms with Gasteiger partial charge >= 0.3 is 0 Å². The minimum Gasteiger partial charge on any atom is -0.192 e. The Morgan fingerprint density at radius 1 is 1.36 bits per heavy atom. The van der Waals surface area contributed by atoms with E-state index in [1.165, 1.54) is 24.3 Å². The van der Waals surface area contributed by atoms with E-state index in [-0.39, 0.29) is 0 Å². The van der Waals surface area contributed by atoms with E-state index in [9.17, 15) is 0 Å². The fourth-order valence-electron chi connectivity index (χ4n) is 1.74. The van der Waals surface area contributed by atoms with Crippen LogP contribution in [0.1, 0.15) is 49.3 Å². The summed E-state index contributed by atoms with van der Waals surface area (Å²) >= 11 is 0. The van der Waals surface area contributed by atoms with Crippen molar-refractivity contribution in [2.75, 3.05) is 0 Å². The molecule has 0 aromatic heterocycles. The van der Waals surface area contributed by atoms with Crippen LogP contribution in [0.4, 0.5) is 0 Å². The van der Waals surface area contributed by atoms with Crippen molar-refractivity contribution in [1.29, 1.82) is 5.26 Å². The van der Waals surface area contributed by atoms with Crippen LogP contribution in [0.3, 0.4) is 0 Å². The first-order valence-electron chi connectivity index (χ1n) is 5.07. The van der Waals surface area contributed by atoms with Crippen molar-refractivity contribution in [2.45, 2.75) is 32.6 Å². The van der Waals surface area contributed by atoms with Crippen LogP contribution in [-0.4, -0.2) is 0 Å². The molecule has 1 fully saturated rings. The smallest absolute Gasteiger partial charge is 0.0994 e. The Bertz CT molecular complexity index is 381. The van der Waals surface area contributed by atoms with Gasteiger partial charge in [-0.1, -0.05) is 26.0 Å². The van der Waals surface area contributed by atoms with Crippen molar-refractivity contribution in [1.82, 2.24) is 0 Å². The molecule has 1 aromatic rings. The Balaban J connectivity index is 2.42. The molecule has 0 saturated heterocycles. The summed E-state index contributed by atoms with van der Waals surface area (Å²) in [5, 5.41) is 8.95. The zero-order valence-electron chi connectivity index (χ0n) is 8.67. The van der Waals surface area contributed by atoms with Crippen molar-refractivity contribution >= 4 is 0 Å². The van der Waals surface area contributed by atoms with Gasteiger partial charge in [0.2, 0.25) is 0 Å². The molecule has 1 saturated carbocycles. The van der Waals surface area contributed by atoms with Crippen LogP contribution in [-0.2, 0) is 0 Å². The Kier molecular flexibility index (Phi) is 2.29. The van der Waals surface area contributed by atoms with E-state index in [4.69, 9.17) is 5.26 Å². The highest BCUT2D eigenvalue weighted by Gasteiger charge is 2.24. The second kappa shape index (κ2) is 3.46. The third-order valence-corrected chi connectivity index (χ3v) is 2.75. The molecule has 1 aliphatic carbocycles. The summed E-state index contributed by atoms with van der Waals surface area (Å²) in [5.41, 5.74) is 3.33. The summed E-state index contributed by atoms with van der Waals surface area (Å²) in [5.74, 6) is 1.99. The third kappa shape index (κ3) is 1.65. The average molecular weight is 184 g/mol.